The molecule has 0 spiro atoms. The smallest absolute Gasteiger partial charge is 0.434 e. The summed E-state index contributed by atoms with van der Waals surface area (Å²) in [6.45, 7) is 6.42. The van der Waals surface area contributed by atoms with Gasteiger partial charge >= 0.3 is 6.16 Å². The minimum absolute atomic E-state index is 0.220. The van der Waals surface area contributed by atoms with Gasteiger partial charge < -0.3 is 9.47 Å². The highest BCUT2D eigenvalue weighted by Crippen LogP contribution is 2.12. The van der Waals surface area contributed by atoms with E-state index in [-0.39, 0.29) is 6.61 Å². The Morgan fingerprint density at radius 3 is 1.68 bits per heavy atom. The van der Waals surface area contributed by atoms with Crippen molar-refractivity contribution in [2.45, 2.75) is 90.4 Å². The lowest BCUT2D eigenvalue weighted by molar-refractivity contribution is 0.0620. The van der Waals surface area contributed by atoms with Gasteiger partial charge in [0, 0.05) is 0 Å². The summed E-state index contributed by atoms with van der Waals surface area (Å²) in [6.07, 6.45) is 18.1. The topological polar surface area (TPSA) is 35.5 Å². The van der Waals surface area contributed by atoms with Crippen LogP contribution in [0.5, 0.6) is 0 Å². The molecule has 0 heterocycles. The van der Waals surface area contributed by atoms with Crippen molar-refractivity contribution in [2.75, 3.05) is 13.2 Å². The minimum Gasteiger partial charge on any atom is -0.434 e. The maximum absolute atomic E-state index is 11.0. The van der Waals surface area contributed by atoms with E-state index in [1.165, 1.54) is 76.7 Å². The monoisotopic (exact) mass is 312 g/mol. The highest BCUT2D eigenvalue weighted by molar-refractivity contribution is 5.59. The van der Waals surface area contributed by atoms with Gasteiger partial charge in [-0.05, 0) is 6.42 Å². The van der Waals surface area contributed by atoms with E-state index in [2.05, 4.69) is 13.5 Å². The number of hydrogen-bond donors (Lipinski definition) is 0. The van der Waals surface area contributed by atoms with E-state index in [1.807, 2.05) is 0 Å². The largest absolute Gasteiger partial charge is 0.508 e. The molecule has 0 bridgehead atoms. The van der Waals surface area contributed by atoms with Gasteiger partial charge in [0.2, 0.25) is 0 Å². The normalized spacial score (nSPS) is 10.4. The van der Waals surface area contributed by atoms with Crippen molar-refractivity contribution in [1.82, 2.24) is 0 Å². The summed E-state index contributed by atoms with van der Waals surface area (Å²) in [5.41, 5.74) is 0. The van der Waals surface area contributed by atoms with Gasteiger partial charge in [-0.25, -0.2) is 4.79 Å². The summed E-state index contributed by atoms with van der Waals surface area (Å²) in [4.78, 5) is 11.0. The number of hydrogen-bond acceptors (Lipinski definition) is 3. The van der Waals surface area contributed by atoms with E-state index in [4.69, 9.17) is 9.47 Å². The first-order valence-electron chi connectivity index (χ1n) is 9.21. The molecule has 3 heteroatoms. The van der Waals surface area contributed by atoms with Crippen molar-refractivity contribution in [3.63, 3.8) is 0 Å². The van der Waals surface area contributed by atoms with Gasteiger partial charge in [0.05, 0.1) is 6.61 Å². The van der Waals surface area contributed by atoms with Gasteiger partial charge in [-0.15, -0.1) is 0 Å². The third-order valence-corrected chi connectivity index (χ3v) is 3.79. The fourth-order valence-electron chi connectivity index (χ4n) is 2.44. The molecule has 0 atom stereocenters. The predicted octanol–water partition coefficient (Wildman–Crippen LogP) is 6.42. The van der Waals surface area contributed by atoms with E-state index < -0.39 is 6.16 Å². The Hall–Kier alpha value is -0.990. The first kappa shape index (κ1) is 21.0. The molecule has 0 unspecified atom stereocenters. The molecule has 0 N–H and O–H groups in total. The molecular weight excluding hydrogens is 276 g/mol. The van der Waals surface area contributed by atoms with Crippen LogP contribution in [0.15, 0.2) is 12.7 Å². The van der Waals surface area contributed by atoms with Crippen LogP contribution in [0.4, 0.5) is 4.79 Å². The molecule has 0 aromatic rings. The number of ether oxygens (including phenoxy) is 2. The van der Waals surface area contributed by atoms with Crippen molar-refractivity contribution in [1.29, 1.82) is 0 Å². The van der Waals surface area contributed by atoms with Gasteiger partial charge in [0.1, 0.15) is 6.61 Å². The average molecular weight is 312 g/mol. The molecule has 0 rings (SSSR count). The van der Waals surface area contributed by atoms with Crippen molar-refractivity contribution in [3.8, 4) is 0 Å². The Morgan fingerprint density at radius 1 is 0.773 bits per heavy atom. The molecular formula is C19H36O3. The van der Waals surface area contributed by atoms with Crippen molar-refractivity contribution < 1.29 is 14.3 Å². The Bertz CT molecular complexity index is 251. The van der Waals surface area contributed by atoms with Gasteiger partial charge in [-0.2, -0.15) is 0 Å². The Balaban J connectivity index is 3.05. The molecule has 0 radical (unpaired) electrons. The van der Waals surface area contributed by atoms with Crippen molar-refractivity contribution >= 4 is 6.16 Å². The molecule has 130 valence electrons. The van der Waals surface area contributed by atoms with Crippen LogP contribution in [0.2, 0.25) is 0 Å². The second kappa shape index (κ2) is 18.1. The lowest BCUT2D eigenvalue weighted by atomic mass is 10.0. The molecule has 0 saturated carbocycles. The van der Waals surface area contributed by atoms with Gasteiger partial charge in [-0.3, -0.25) is 0 Å². The van der Waals surface area contributed by atoms with Gasteiger partial charge in [0.25, 0.3) is 0 Å². The minimum atomic E-state index is -0.584. The zero-order valence-electron chi connectivity index (χ0n) is 14.6. The third kappa shape index (κ3) is 17.1. The quantitative estimate of drug-likeness (QED) is 0.187. The lowest BCUT2D eigenvalue weighted by Crippen LogP contribution is -2.08. The number of rotatable bonds is 16. The molecule has 0 fully saturated rings. The maximum Gasteiger partial charge on any atom is 0.508 e. The first-order chi connectivity index (χ1) is 10.8. The fraction of sp³-hybridized carbons (Fsp3) is 0.842. The van der Waals surface area contributed by atoms with Crippen LogP contribution in [-0.4, -0.2) is 19.4 Å². The van der Waals surface area contributed by atoms with Crippen LogP contribution in [0.25, 0.3) is 0 Å². The Labute approximate surface area is 137 Å². The summed E-state index contributed by atoms with van der Waals surface area (Å²) in [7, 11) is 0. The molecule has 0 aromatic carbocycles. The van der Waals surface area contributed by atoms with Crippen molar-refractivity contribution in [2.24, 2.45) is 0 Å². The highest BCUT2D eigenvalue weighted by atomic mass is 16.7. The Morgan fingerprint density at radius 2 is 1.23 bits per heavy atom. The number of unbranched alkanes of at least 4 members (excludes halogenated alkanes) is 12. The summed E-state index contributed by atoms with van der Waals surface area (Å²) < 4.78 is 9.66. The van der Waals surface area contributed by atoms with Gasteiger partial charge in [-0.1, -0.05) is 96.6 Å². The molecule has 0 amide bonds. The summed E-state index contributed by atoms with van der Waals surface area (Å²) in [6, 6.07) is 0. The van der Waals surface area contributed by atoms with Crippen LogP contribution in [0, 0.1) is 0 Å². The Kier molecular flexibility index (Phi) is 17.2. The second-order valence-corrected chi connectivity index (χ2v) is 5.94. The zero-order chi connectivity index (χ0) is 16.3. The van der Waals surface area contributed by atoms with E-state index in [0.29, 0.717) is 6.61 Å². The van der Waals surface area contributed by atoms with Crippen LogP contribution < -0.4 is 0 Å². The number of carbonyl (C=O) groups excluding carboxylic acids is 1. The average Bonchev–Trinajstić information content (AvgIpc) is 2.53. The summed E-state index contributed by atoms with van der Waals surface area (Å²) >= 11 is 0. The van der Waals surface area contributed by atoms with Crippen molar-refractivity contribution in [3.05, 3.63) is 12.7 Å². The summed E-state index contributed by atoms with van der Waals surface area (Å²) in [5, 5.41) is 0. The molecule has 0 aliphatic carbocycles. The van der Waals surface area contributed by atoms with E-state index in [0.717, 1.165) is 12.8 Å². The zero-order valence-corrected chi connectivity index (χ0v) is 14.6. The molecule has 0 aliphatic rings. The standard InChI is InChI=1S/C19H36O3/c1-3-5-6-7-8-9-10-11-12-13-14-15-16-18-22-19(20)21-17-4-2/h4H,2-3,5-18H2,1H3. The maximum atomic E-state index is 11.0. The molecule has 0 aromatic heterocycles. The highest BCUT2D eigenvalue weighted by Gasteiger charge is 2.01. The predicted molar refractivity (Wildman–Crippen MR) is 93.2 cm³/mol. The first-order valence-corrected chi connectivity index (χ1v) is 9.21. The SMILES string of the molecule is C=CCOC(=O)OCCCCCCCCCCCCCCC. The second-order valence-electron chi connectivity index (χ2n) is 5.94. The molecule has 22 heavy (non-hydrogen) atoms. The van der Waals surface area contributed by atoms with Crippen LogP contribution in [0.1, 0.15) is 90.4 Å². The van der Waals surface area contributed by atoms with Gasteiger partial charge in [0.15, 0.2) is 0 Å². The molecule has 0 saturated heterocycles. The van der Waals surface area contributed by atoms with Crippen LogP contribution in [0.3, 0.4) is 0 Å². The fourth-order valence-corrected chi connectivity index (χ4v) is 2.44. The number of carbonyl (C=O) groups is 1. The molecule has 3 nitrogen and oxygen atoms in total. The van der Waals surface area contributed by atoms with E-state index >= 15 is 0 Å². The van der Waals surface area contributed by atoms with E-state index in [1.54, 1.807) is 0 Å². The lowest BCUT2D eigenvalue weighted by Gasteiger charge is -2.05. The van der Waals surface area contributed by atoms with Crippen LogP contribution in [-0.2, 0) is 9.47 Å². The third-order valence-electron chi connectivity index (χ3n) is 3.79. The molecule has 0 aliphatic heterocycles. The van der Waals surface area contributed by atoms with Crippen LogP contribution >= 0.6 is 0 Å². The van der Waals surface area contributed by atoms with E-state index in [9.17, 15) is 4.79 Å². The summed E-state index contributed by atoms with van der Waals surface area (Å²) in [5.74, 6) is 0.